The van der Waals surface area contributed by atoms with Crippen molar-refractivity contribution in [3.63, 3.8) is 0 Å². The lowest BCUT2D eigenvalue weighted by molar-refractivity contribution is -0.137. The summed E-state index contributed by atoms with van der Waals surface area (Å²) in [5, 5.41) is 21.5. The van der Waals surface area contributed by atoms with Crippen molar-refractivity contribution in [2.75, 3.05) is 0 Å². The number of rotatable bonds is 2. The first-order valence-corrected chi connectivity index (χ1v) is 5.59. The molecule has 3 rings (SSSR count). The van der Waals surface area contributed by atoms with Crippen LogP contribution in [-0.2, 0) is 11.2 Å². The molecule has 0 radical (unpaired) electrons. The zero-order chi connectivity index (χ0) is 12.0. The summed E-state index contributed by atoms with van der Waals surface area (Å²) in [6.07, 6.45) is 1.75. The molecule has 17 heavy (non-hydrogen) atoms. The summed E-state index contributed by atoms with van der Waals surface area (Å²) < 4.78 is 1.79. The fraction of sp³-hybridized carbons (Fsp3) is 0.455. The van der Waals surface area contributed by atoms with Crippen molar-refractivity contribution in [2.24, 2.45) is 0 Å². The Morgan fingerprint density at radius 2 is 2.41 bits per heavy atom. The van der Waals surface area contributed by atoms with Gasteiger partial charge in [0.1, 0.15) is 0 Å². The molecule has 0 saturated carbocycles. The van der Waals surface area contributed by atoms with Crippen molar-refractivity contribution in [2.45, 2.75) is 32.1 Å². The Kier molecular flexibility index (Phi) is 2.10. The molecular formula is C11H12N4O2. The highest BCUT2D eigenvalue weighted by atomic mass is 16.4. The average molecular weight is 232 g/mol. The molecule has 0 fully saturated rings. The molecule has 0 saturated heterocycles. The van der Waals surface area contributed by atoms with Gasteiger partial charge in [0.15, 0.2) is 5.65 Å². The quantitative estimate of drug-likeness (QED) is 0.833. The van der Waals surface area contributed by atoms with E-state index in [1.807, 2.05) is 13.0 Å². The minimum Gasteiger partial charge on any atom is -0.481 e. The monoisotopic (exact) mass is 232 g/mol. The summed E-state index contributed by atoms with van der Waals surface area (Å²) in [5.41, 5.74) is 3.43. The van der Waals surface area contributed by atoms with E-state index in [1.54, 1.807) is 4.52 Å². The van der Waals surface area contributed by atoms with Crippen LogP contribution in [0, 0.1) is 6.92 Å². The topological polar surface area (TPSA) is 80.4 Å². The SMILES string of the molecule is Cc1cc2nnc3c(n2n1)CCC3CC(=O)O. The number of carboxylic acids is 1. The van der Waals surface area contributed by atoms with Gasteiger partial charge in [-0.2, -0.15) is 10.2 Å². The highest BCUT2D eigenvalue weighted by Gasteiger charge is 2.29. The maximum absolute atomic E-state index is 10.8. The van der Waals surface area contributed by atoms with Gasteiger partial charge >= 0.3 is 5.97 Å². The molecule has 1 atom stereocenters. The molecule has 2 aromatic rings. The first kappa shape index (κ1) is 10.2. The fourth-order valence-corrected chi connectivity index (χ4v) is 2.44. The number of hydrogen-bond donors (Lipinski definition) is 1. The molecule has 2 heterocycles. The molecule has 1 unspecified atom stereocenters. The van der Waals surface area contributed by atoms with Gasteiger partial charge in [-0.3, -0.25) is 4.79 Å². The van der Waals surface area contributed by atoms with Crippen LogP contribution in [0.4, 0.5) is 0 Å². The Hall–Kier alpha value is -1.98. The first-order valence-electron chi connectivity index (χ1n) is 5.59. The Balaban J connectivity index is 2.10. The van der Waals surface area contributed by atoms with Gasteiger partial charge < -0.3 is 5.11 Å². The van der Waals surface area contributed by atoms with Crippen molar-refractivity contribution in [3.05, 3.63) is 23.1 Å². The number of aliphatic carboxylic acids is 1. The van der Waals surface area contributed by atoms with E-state index in [0.717, 1.165) is 35.6 Å². The maximum atomic E-state index is 10.8. The van der Waals surface area contributed by atoms with Crippen LogP contribution in [-0.4, -0.2) is 30.9 Å². The smallest absolute Gasteiger partial charge is 0.304 e. The average Bonchev–Trinajstić information content (AvgIpc) is 2.80. The Bertz CT molecular complexity index is 605. The Morgan fingerprint density at radius 3 is 3.18 bits per heavy atom. The van der Waals surface area contributed by atoms with Gasteiger partial charge in [-0.05, 0) is 19.8 Å². The van der Waals surface area contributed by atoms with Crippen LogP contribution < -0.4 is 0 Å². The lowest BCUT2D eigenvalue weighted by atomic mass is 10.0. The van der Waals surface area contributed by atoms with Crippen molar-refractivity contribution in [1.29, 1.82) is 0 Å². The lowest BCUT2D eigenvalue weighted by Crippen LogP contribution is -2.08. The largest absolute Gasteiger partial charge is 0.481 e. The second-order valence-electron chi connectivity index (χ2n) is 4.42. The lowest BCUT2D eigenvalue weighted by Gasteiger charge is -2.06. The van der Waals surface area contributed by atoms with Gasteiger partial charge in [-0.1, -0.05) is 0 Å². The molecular weight excluding hydrogens is 220 g/mol. The summed E-state index contributed by atoms with van der Waals surface area (Å²) in [6.45, 7) is 1.91. The van der Waals surface area contributed by atoms with Crippen molar-refractivity contribution < 1.29 is 9.90 Å². The van der Waals surface area contributed by atoms with Gasteiger partial charge in [0.25, 0.3) is 0 Å². The molecule has 0 aliphatic heterocycles. The number of fused-ring (bicyclic) bond motifs is 3. The zero-order valence-corrected chi connectivity index (χ0v) is 9.42. The van der Waals surface area contributed by atoms with Gasteiger partial charge in [-0.15, -0.1) is 5.10 Å². The normalized spacial score (nSPS) is 18.5. The van der Waals surface area contributed by atoms with Crippen LogP contribution in [0.15, 0.2) is 6.07 Å². The van der Waals surface area contributed by atoms with E-state index in [4.69, 9.17) is 5.11 Å². The molecule has 0 bridgehead atoms. The van der Waals surface area contributed by atoms with Crippen LogP contribution in [0.1, 0.15) is 35.8 Å². The van der Waals surface area contributed by atoms with Crippen molar-refractivity contribution in [3.8, 4) is 0 Å². The predicted molar refractivity (Wildman–Crippen MR) is 58.8 cm³/mol. The second-order valence-corrected chi connectivity index (χ2v) is 4.42. The van der Waals surface area contributed by atoms with Gasteiger partial charge in [-0.25, -0.2) is 4.52 Å². The molecule has 0 spiro atoms. The van der Waals surface area contributed by atoms with Crippen molar-refractivity contribution in [1.82, 2.24) is 19.8 Å². The number of aryl methyl sites for hydroxylation is 2. The predicted octanol–water partition coefficient (Wildman–Crippen LogP) is 0.937. The summed E-state index contributed by atoms with van der Waals surface area (Å²) in [7, 11) is 0. The van der Waals surface area contributed by atoms with E-state index in [-0.39, 0.29) is 12.3 Å². The minimum absolute atomic E-state index is 0.0242. The summed E-state index contributed by atoms with van der Waals surface area (Å²) in [4.78, 5) is 10.8. The minimum atomic E-state index is -0.790. The van der Waals surface area contributed by atoms with Crippen LogP contribution in [0.5, 0.6) is 0 Å². The van der Waals surface area contributed by atoms with Crippen molar-refractivity contribution >= 4 is 11.6 Å². The van der Waals surface area contributed by atoms with Gasteiger partial charge in [0.2, 0.25) is 0 Å². The molecule has 1 aliphatic rings. The summed E-state index contributed by atoms with van der Waals surface area (Å²) in [5.74, 6) is -0.815. The van der Waals surface area contributed by atoms with Gasteiger partial charge in [0.05, 0.1) is 23.5 Å². The van der Waals surface area contributed by atoms with Crippen LogP contribution in [0.2, 0.25) is 0 Å². The second kappa shape index (κ2) is 3.51. The molecule has 6 heteroatoms. The number of hydrogen-bond acceptors (Lipinski definition) is 4. The third kappa shape index (κ3) is 1.56. The Labute approximate surface area is 97.3 Å². The van der Waals surface area contributed by atoms with E-state index in [9.17, 15) is 4.79 Å². The number of carboxylic acid groups (broad SMARTS) is 1. The molecule has 1 aliphatic carbocycles. The highest BCUT2D eigenvalue weighted by Crippen LogP contribution is 2.33. The molecule has 2 aromatic heterocycles. The van der Waals surface area contributed by atoms with Crippen LogP contribution >= 0.6 is 0 Å². The van der Waals surface area contributed by atoms with Crippen LogP contribution in [0.3, 0.4) is 0 Å². The third-order valence-electron chi connectivity index (χ3n) is 3.16. The molecule has 6 nitrogen and oxygen atoms in total. The third-order valence-corrected chi connectivity index (χ3v) is 3.16. The maximum Gasteiger partial charge on any atom is 0.304 e. The van der Waals surface area contributed by atoms with E-state index in [0.29, 0.717) is 0 Å². The number of carbonyl (C=O) groups is 1. The highest BCUT2D eigenvalue weighted by molar-refractivity contribution is 5.68. The number of aromatic nitrogens is 4. The van der Waals surface area contributed by atoms with Gasteiger partial charge in [0, 0.05) is 12.0 Å². The zero-order valence-electron chi connectivity index (χ0n) is 9.42. The molecule has 0 aromatic carbocycles. The molecule has 88 valence electrons. The van der Waals surface area contributed by atoms with E-state index in [1.165, 1.54) is 0 Å². The summed E-state index contributed by atoms with van der Waals surface area (Å²) in [6, 6.07) is 1.87. The van der Waals surface area contributed by atoms with E-state index >= 15 is 0 Å². The fourth-order valence-electron chi connectivity index (χ4n) is 2.44. The number of nitrogens with zero attached hydrogens (tertiary/aromatic N) is 4. The Morgan fingerprint density at radius 1 is 1.59 bits per heavy atom. The first-order chi connectivity index (χ1) is 8.15. The molecule has 1 N–H and O–H groups in total. The van der Waals surface area contributed by atoms with Crippen LogP contribution in [0.25, 0.3) is 5.65 Å². The molecule has 0 amide bonds. The summed E-state index contributed by atoms with van der Waals surface area (Å²) >= 11 is 0. The van der Waals surface area contributed by atoms with E-state index < -0.39 is 5.97 Å². The van der Waals surface area contributed by atoms with E-state index in [2.05, 4.69) is 15.3 Å². The standard InChI is InChI=1S/C11H12N4O2/c1-6-4-9-12-13-11-7(5-10(16)17)2-3-8(11)15(9)14-6/h4,7H,2-3,5H2,1H3,(H,16,17).